The fourth-order valence-electron chi connectivity index (χ4n) is 0.818. The van der Waals surface area contributed by atoms with Crippen LogP contribution in [0, 0.1) is 11.3 Å². The fraction of sp³-hybridized carbons (Fsp3) is 0.500. The summed E-state index contributed by atoms with van der Waals surface area (Å²) in [4.78, 5) is 0. The van der Waals surface area contributed by atoms with E-state index in [9.17, 15) is 0 Å². The van der Waals surface area contributed by atoms with Gasteiger partial charge in [0.1, 0.15) is 6.07 Å². The number of hydrogen-bond donors (Lipinski definition) is 1. The van der Waals surface area contributed by atoms with Crippen LogP contribution >= 0.6 is 0 Å². The lowest BCUT2D eigenvalue weighted by atomic mass is 10.2. The number of unbranched alkanes of at least 4 members (excludes halogenated alkanes) is 1. The van der Waals surface area contributed by atoms with Crippen LogP contribution in [-0.4, -0.2) is 6.54 Å². The topological polar surface area (TPSA) is 35.8 Å². The summed E-state index contributed by atoms with van der Waals surface area (Å²) in [6, 6.07) is 2.08. The second kappa shape index (κ2) is 6.48. The minimum Gasteiger partial charge on any atom is -0.384 e. The van der Waals surface area contributed by atoms with Gasteiger partial charge >= 0.3 is 0 Å². The van der Waals surface area contributed by atoms with Gasteiger partial charge in [0.25, 0.3) is 0 Å². The molecule has 1 N–H and O–H groups in total. The summed E-state index contributed by atoms with van der Waals surface area (Å²) in [5, 5.41) is 11.7. The van der Waals surface area contributed by atoms with Crippen molar-refractivity contribution in [1.29, 1.82) is 5.26 Å². The minimum absolute atomic E-state index is 0.631. The molecule has 0 bridgehead atoms. The molecule has 0 aromatic carbocycles. The predicted octanol–water partition coefficient (Wildman–Crippen LogP) is 2.36. The van der Waals surface area contributed by atoms with E-state index in [-0.39, 0.29) is 0 Å². The van der Waals surface area contributed by atoms with Gasteiger partial charge in [-0.2, -0.15) is 5.26 Å². The molecule has 0 rings (SSSR count). The van der Waals surface area contributed by atoms with Crippen molar-refractivity contribution in [3.63, 3.8) is 0 Å². The third-order valence-corrected chi connectivity index (χ3v) is 1.60. The van der Waals surface area contributed by atoms with Crippen LogP contribution in [0.2, 0.25) is 0 Å². The first-order chi connectivity index (χ1) is 5.76. The molecule has 0 spiro atoms. The van der Waals surface area contributed by atoms with Crippen LogP contribution in [0.1, 0.15) is 26.7 Å². The van der Waals surface area contributed by atoms with E-state index in [2.05, 4.69) is 24.9 Å². The van der Waals surface area contributed by atoms with Crippen LogP contribution in [0.15, 0.2) is 23.9 Å². The van der Waals surface area contributed by atoms with Gasteiger partial charge in [0.15, 0.2) is 0 Å². The summed E-state index contributed by atoms with van der Waals surface area (Å²) in [5.41, 5.74) is 1.36. The van der Waals surface area contributed by atoms with Gasteiger partial charge in [0, 0.05) is 12.2 Å². The van der Waals surface area contributed by atoms with Gasteiger partial charge in [-0.25, -0.2) is 0 Å². The summed E-state index contributed by atoms with van der Waals surface area (Å²) >= 11 is 0. The molecule has 2 nitrogen and oxygen atoms in total. The standard InChI is InChI=1S/C10H16N2/c1-4-6-7-12-9(3)10(5-2)8-11/h5,12H,3-4,6-7H2,1-2H3/b10-5+. The fourth-order valence-corrected chi connectivity index (χ4v) is 0.818. The van der Waals surface area contributed by atoms with E-state index in [1.807, 2.05) is 6.92 Å². The van der Waals surface area contributed by atoms with Gasteiger partial charge < -0.3 is 5.32 Å². The van der Waals surface area contributed by atoms with Crippen molar-refractivity contribution in [2.75, 3.05) is 6.54 Å². The summed E-state index contributed by atoms with van der Waals surface area (Å²) < 4.78 is 0. The number of rotatable bonds is 5. The molecule has 0 amide bonds. The second-order valence-electron chi connectivity index (χ2n) is 2.57. The van der Waals surface area contributed by atoms with Crippen molar-refractivity contribution in [3.05, 3.63) is 23.9 Å². The molecule has 2 heteroatoms. The van der Waals surface area contributed by atoms with Crippen LogP contribution in [0.25, 0.3) is 0 Å². The molecule has 0 unspecified atom stereocenters. The Labute approximate surface area is 74.6 Å². The number of nitriles is 1. The third kappa shape index (κ3) is 3.82. The highest BCUT2D eigenvalue weighted by Crippen LogP contribution is 2.02. The normalized spacial score (nSPS) is 10.6. The Morgan fingerprint density at radius 3 is 2.75 bits per heavy atom. The van der Waals surface area contributed by atoms with E-state index in [4.69, 9.17) is 5.26 Å². The van der Waals surface area contributed by atoms with Crippen LogP contribution < -0.4 is 5.32 Å². The summed E-state index contributed by atoms with van der Waals surface area (Å²) in [5.74, 6) is 0. The van der Waals surface area contributed by atoms with Crippen molar-refractivity contribution < 1.29 is 0 Å². The average molecular weight is 164 g/mol. The molecule has 0 fully saturated rings. The van der Waals surface area contributed by atoms with Crippen molar-refractivity contribution in [2.45, 2.75) is 26.7 Å². The number of hydrogen-bond acceptors (Lipinski definition) is 2. The molecule has 0 aromatic heterocycles. The Bertz CT molecular complexity index is 208. The number of allylic oxidation sites excluding steroid dienone is 2. The van der Waals surface area contributed by atoms with Crippen LogP contribution in [0.5, 0.6) is 0 Å². The van der Waals surface area contributed by atoms with Gasteiger partial charge in [0.2, 0.25) is 0 Å². The summed E-state index contributed by atoms with van der Waals surface area (Å²) in [7, 11) is 0. The summed E-state index contributed by atoms with van der Waals surface area (Å²) in [6.07, 6.45) is 4.03. The maximum Gasteiger partial charge on any atom is 0.101 e. The smallest absolute Gasteiger partial charge is 0.101 e. The Hall–Kier alpha value is -1.23. The van der Waals surface area contributed by atoms with Crippen molar-refractivity contribution in [1.82, 2.24) is 5.32 Å². The third-order valence-electron chi connectivity index (χ3n) is 1.60. The van der Waals surface area contributed by atoms with Gasteiger partial charge in [0.05, 0.1) is 5.57 Å². The lowest BCUT2D eigenvalue weighted by Gasteiger charge is -2.06. The van der Waals surface area contributed by atoms with Crippen LogP contribution in [-0.2, 0) is 0 Å². The van der Waals surface area contributed by atoms with Crippen molar-refractivity contribution in [2.24, 2.45) is 0 Å². The van der Waals surface area contributed by atoms with Gasteiger partial charge in [-0.3, -0.25) is 0 Å². The predicted molar refractivity (Wildman–Crippen MR) is 51.4 cm³/mol. The molecule has 0 aliphatic carbocycles. The van der Waals surface area contributed by atoms with Gasteiger partial charge in [-0.15, -0.1) is 0 Å². The van der Waals surface area contributed by atoms with Gasteiger partial charge in [-0.05, 0) is 13.3 Å². The first kappa shape index (κ1) is 10.8. The number of nitrogens with zero attached hydrogens (tertiary/aromatic N) is 1. The zero-order valence-corrected chi connectivity index (χ0v) is 7.85. The van der Waals surface area contributed by atoms with Crippen molar-refractivity contribution >= 4 is 0 Å². The zero-order valence-electron chi connectivity index (χ0n) is 7.85. The molecule has 66 valence electrons. The van der Waals surface area contributed by atoms with E-state index in [0.717, 1.165) is 25.1 Å². The maximum atomic E-state index is 8.63. The van der Waals surface area contributed by atoms with E-state index in [1.54, 1.807) is 6.08 Å². The highest BCUT2D eigenvalue weighted by Gasteiger charge is 1.97. The molecule has 0 aromatic rings. The largest absolute Gasteiger partial charge is 0.384 e. The maximum absolute atomic E-state index is 8.63. The van der Waals surface area contributed by atoms with Crippen LogP contribution in [0.4, 0.5) is 0 Å². The molecule has 0 aliphatic rings. The second-order valence-corrected chi connectivity index (χ2v) is 2.57. The highest BCUT2D eigenvalue weighted by molar-refractivity contribution is 5.38. The SMILES string of the molecule is C=C(NCCCC)/C(C#N)=C/C. The quantitative estimate of drug-likeness (QED) is 0.384. The van der Waals surface area contributed by atoms with E-state index in [1.165, 1.54) is 0 Å². The average Bonchev–Trinajstić information content (AvgIpc) is 2.07. The molecule has 0 atom stereocenters. The molecule has 0 saturated heterocycles. The zero-order chi connectivity index (χ0) is 9.40. The van der Waals surface area contributed by atoms with E-state index < -0.39 is 0 Å². The molecule has 0 radical (unpaired) electrons. The minimum atomic E-state index is 0.631. The lowest BCUT2D eigenvalue weighted by Crippen LogP contribution is -2.14. The Morgan fingerprint density at radius 1 is 1.67 bits per heavy atom. The van der Waals surface area contributed by atoms with Crippen LogP contribution in [0.3, 0.4) is 0 Å². The Kier molecular flexibility index (Phi) is 5.81. The molecule has 0 saturated carbocycles. The monoisotopic (exact) mass is 164 g/mol. The Morgan fingerprint density at radius 2 is 2.33 bits per heavy atom. The molecular formula is C10H16N2. The summed E-state index contributed by atoms with van der Waals surface area (Å²) in [6.45, 7) is 8.63. The molecule has 0 aliphatic heterocycles. The lowest BCUT2D eigenvalue weighted by molar-refractivity contribution is 0.718. The highest BCUT2D eigenvalue weighted by atomic mass is 14.9. The van der Waals surface area contributed by atoms with E-state index >= 15 is 0 Å². The first-order valence-electron chi connectivity index (χ1n) is 4.25. The van der Waals surface area contributed by atoms with Gasteiger partial charge in [-0.1, -0.05) is 26.0 Å². The number of nitrogens with one attached hydrogen (secondary N) is 1. The first-order valence-corrected chi connectivity index (χ1v) is 4.25. The van der Waals surface area contributed by atoms with Crippen molar-refractivity contribution in [3.8, 4) is 6.07 Å². The molecule has 12 heavy (non-hydrogen) atoms. The molecular weight excluding hydrogens is 148 g/mol. The van der Waals surface area contributed by atoms with E-state index in [0.29, 0.717) is 5.57 Å². The Balaban J connectivity index is 3.81. The molecule has 0 heterocycles.